The van der Waals surface area contributed by atoms with E-state index >= 15 is 8.78 Å². The molecule has 3 atom stereocenters. The highest BCUT2D eigenvalue weighted by Crippen LogP contribution is 2.43. The van der Waals surface area contributed by atoms with Crippen molar-refractivity contribution in [2.75, 3.05) is 23.8 Å². The quantitative estimate of drug-likeness (QED) is 0.604. The zero-order valence-corrected chi connectivity index (χ0v) is 17.7. The van der Waals surface area contributed by atoms with Gasteiger partial charge in [-0.25, -0.2) is 13.6 Å². The molecule has 1 aliphatic carbocycles. The highest BCUT2D eigenvalue weighted by atomic mass is 19.1. The van der Waals surface area contributed by atoms with Gasteiger partial charge in [0, 0.05) is 36.2 Å². The van der Waals surface area contributed by atoms with E-state index in [1.165, 1.54) is 0 Å². The number of fused-ring (bicyclic) bond motifs is 1. The normalized spacial score (nSPS) is 21.9. The Morgan fingerprint density at radius 3 is 2.47 bits per heavy atom. The molecule has 1 saturated carbocycles. The molecule has 2 aromatic heterocycles. The van der Waals surface area contributed by atoms with Crippen LogP contribution in [0.15, 0.2) is 46.1 Å². The second kappa shape index (κ2) is 7.44. The highest BCUT2D eigenvalue weighted by molar-refractivity contribution is 5.73. The first-order valence-corrected chi connectivity index (χ1v) is 10.7. The Morgan fingerprint density at radius 1 is 1.12 bits per heavy atom. The molecular weight excluding hydrogens is 416 g/mol. The molecule has 0 radical (unpaired) electrons. The molecule has 0 amide bonds. The first-order valence-electron chi connectivity index (χ1n) is 10.7. The minimum atomic E-state index is -1.25. The van der Waals surface area contributed by atoms with Crippen molar-refractivity contribution in [2.45, 2.75) is 37.9 Å². The molecule has 1 saturated heterocycles. The lowest BCUT2D eigenvalue weighted by molar-refractivity contribution is 0.254. The Hall–Kier alpha value is -3.20. The second-order valence-corrected chi connectivity index (χ2v) is 8.84. The molecule has 5 rings (SSSR count). The number of aryl methyl sites for hydroxylation is 1. The summed E-state index contributed by atoms with van der Waals surface area (Å²) in [4.78, 5) is 27.0. The molecule has 3 unspecified atom stereocenters. The molecule has 4 N–H and O–H groups in total. The first-order chi connectivity index (χ1) is 15.3. The number of hydrogen-bond acceptors (Lipinski definition) is 5. The van der Waals surface area contributed by atoms with Gasteiger partial charge in [0.2, 0.25) is 0 Å². The van der Waals surface area contributed by atoms with Crippen LogP contribution in [0.3, 0.4) is 0 Å². The summed E-state index contributed by atoms with van der Waals surface area (Å²) in [5, 5.41) is 0. The fourth-order valence-corrected chi connectivity index (χ4v) is 4.99. The average molecular weight is 441 g/mol. The van der Waals surface area contributed by atoms with Crippen LogP contribution in [0, 0.1) is 18.7 Å². The van der Waals surface area contributed by atoms with E-state index in [0.717, 1.165) is 29.0 Å². The van der Waals surface area contributed by atoms with Crippen LogP contribution in [-0.4, -0.2) is 28.3 Å². The van der Waals surface area contributed by atoms with Crippen molar-refractivity contribution < 1.29 is 8.78 Å². The number of pyridine rings is 1. The summed E-state index contributed by atoms with van der Waals surface area (Å²) < 4.78 is 32.0. The maximum atomic E-state index is 15.3. The van der Waals surface area contributed by atoms with Gasteiger partial charge < -0.3 is 16.5 Å². The summed E-state index contributed by atoms with van der Waals surface area (Å²) in [6, 6.07) is 8.75. The summed E-state index contributed by atoms with van der Waals surface area (Å²) in [5.74, 6) is 4.47. The summed E-state index contributed by atoms with van der Waals surface area (Å²) in [6.07, 6.45) is 1.41. The van der Waals surface area contributed by atoms with Crippen LogP contribution in [-0.2, 0) is 0 Å². The van der Waals surface area contributed by atoms with E-state index in [-0.39, 0.29) is 24.7 Å². The Labute approximate surface area is 182 Å². The molecule has 1 aliphatic heterocycles. The van der Waals surface area contributed by atoms with Gasteiger partial charge in [-0.3, -0.25) is 9.20 Å². The standard InChI is InChI=1S/C23H25F2N5O2/c1-12-20(28-9-15(16(24)10-28)19(26)14-5-3-2-4-6-14)17(25)11-29-21(12)18(13-7-8-13)22(31)30(27)23(29)32/h2-6,11,13,15-16,19H,7-10,26-27H2,1H3. The van der Waals surface area contributed by atoms with Crippen LogP contribution in [0.1, 0.15) is 41.5 Å². The lowest BCUT2D eigenvalue weighted by Crippen LogP contribution is -2.44. The Morgan fingerprint density at radius 2 is 1.81 bits per heavy atom. The van der Waals surface area contributed by atoms with Crippen molar-refractivity contribution >= 4 is 11.2 Å². The molecule has 1 aromatic carbocycles. The molecule has 2 aliphatic rings. The Kier molecular flexibility index (Phi) is 4.81. The highest BCUT2D eigenvalue weighted by Gasteiger charge is 2.40. The largest absolute Gasteiger partial charge is 0.365 e. The van der Waals surface area contributed by atoms with Gasteiger partial charge in [0.1, 0.15) is 6.17 Å². The number of nitrogens with zero attached hydrogens (tertiary/aromatic N) is 3. The molecule has 0 bridgehead atoms. The summed E-state index contributed by atoms with van der Waals surface area (Å²) in [5.41, 5.74) is 7.23. The van der Waals surface area contributed by atoms with Gasteiger partial charge in [-0.1, -0.05) is 30.3 Å². The van der Waals surface area contributed by atoms with Crippen molar-refractivity contribution in [3.05, 3.63) is 79.9 Å². The van der Waals surface area contributed by atoms with Crippen molar-refractivity contribution in [3.63, 3.8) is 0 Å². The van der Waals surface area contributed by atoms with Gasteiger partial charge in [0.15, 0.2) is 5.82 Å². The fraction of sp³-hybridized carbons (Fsp3) is 0.391. The first kappa shape index (κ1) is 20.7. The number of nitrogens with two attached hydrogens (primary N) is 2. The van der Waals surface area contributed by atoms with E-state index < -0.39 is 35.2 Å². The summed E-state index contributed by atoms with van der Waals surface area (Å²) in [7, 11) is 0. The maximum Gasteiger partial charge on any atom is 0.354 e. The van der Waals surface area contributed by atoms with Crippen LogP contribution in [0.5, 0.6) is 0 Å². The molecule has 3 heterocycles. The van der Waals surface area contributed by atoms with Crippen molar-refractivity contribution in [1.29, 1.82) is 0 Å². The lowest BCUT2D eigenvalue weighted by atomic mass is 9.92. The topological polar surface area (TPSA) is 98.8 Å². The zero-order chi connectivity index (χ0) is 22.7. The van der Waals surface area contributed by atoms with Crippen molar-refractivity contribution in [1.82, 2.24) is 9.08 Å². The predicted octanol–water partition coefficient (Wildman–Crippen LogP) is 1.97. The van der Waals surface area contributed by atoms with Gasteiger partial charge in [-0.2, -0.15) is 4.68 Å². The predicted molar refractivity (Wildman–Crippen MR) is 119 cm³/mol. The lowest BCUT2D eigenvalue weighted by Gasteiger charge is -2.25. The minimum absolute atomic E-state index is 0.0170. The van der Waals surface area contributed by atoms with Gasteiger partial charge in [0.05, 0.1) is 17.4 Å². The molecule has 32 heavy (non-hydrogen) atoms. The van der Waals surface area contributed by atoms with Crippen molar-refractivity contribution in [2.24, 2.45) is 11.7 Å². The SMILES string of the molecule is Cc1c(N2CC(F)C(C(N)c3ccccc3)C2)c(F)cn2c(=O)n(N)c(=O)c(C3CC3)c12. The van der Waals surface area contributed by atoms with Gasteiger partial charge in [-0.05, 0) is 31.2 Å². The van der Waals surface area contributed by atoms with E-state index in [4.69, 9.17) is 11.6 Å². The van der Waals surface area contributed by atoms with Crippen LogP contribution in [0.4, 0.5) is 14.5 Å². The molecule has 0 spiro atoms. The molecule has 7 nitrogen and oxygen atoms in total. The number of nitrogen functional groups attached to an aromatic ring is 1. The third-order valence-corrected chi connectivity index (χ3v) is 6.77. The fourth-order valence-electron chi connectivity index (χ4n) is 4.99. The maximum absolute atomic E-state index is 15.3. The number of benzene rings is 1. The number of aromatic nitrogens is 2. The van der Waals surface area contributed by atoms with E-state index in [0.29, 0.717) is 21.3 Å². The van der Waals surface area contributed by atoms with Crippen LogP contribution in [0.25, 0.3) is 5.52 Å². The summed E-state index contributed by atoms with van der Waals surface area (Å²) >= 11 is 0. The van der Waals surface area contributed by atoms with Gasteiger partial charge in [-0.15, -0.1) is 0 Å². The van der Waals surface area contributed by atoms with Crippen LogP contribution < -0.4 is 27.7 Å². The number of halogens is 2. The van der Waals surface area contributed by atoms with E-state index in [1.54, 1.807) is 11.8 Å². The number of alkyl halides is 1. The number of anilines is 1. The smallest absolute Gasteiger partial charge is 0.354 e. The molecule has 3 aromatic rings. The molecule has 168 valence electrons. The molecular formula is C23H25F2N5O2. The number of rotatable bonds is 4. The van der Waals surface area contributed by atoms with E-state index in [9.17, 15) is 9.59 Å². The van der Waals surface area contributed by atoms with Gasteiger partial charge >= 0.3 is 5.69 Å². The molecule has 9 heteroatoms. The third-order valence-electron chi connectivity index (χ3n) is 6.77. The second-order valence-electron chi connectivity index (χ2n) is 8.84. The van der Waals surface area contributed by atoms with Crippen LogP contribution in [0.2, 0.25) is 0 Å². The van der Waals surface area contributed by atoms with Crippen molar-refractivity contribution in [3.8, 4) is 0 Å². The molecule has 2 fully saturated rings. The minimum Gasteiger partial charge on any atom is -0.365 e. The third kappa shape index (κ3) is 3.10. The zero-order valence-electron chi connectivity index (χ0n) is 17.7. The average Bonchev–Trinajstić information content (AvgIpc) is 3.55. The van der Waals surface area contributed by atoms with Crippen LogP contribution >= 0.6 is 0 Å². The van der Waals surface area contributed by atoms with E-state index in [2.05, 4.69) is 0 Å². The number of hydrogen-bond donors (Lipinski definition) is 2. The summed E-state index contributed by atoms with van der Waals surface area (Å²) in [6.45, 7) is 1.87. The van der Waals surface area contributed by atoms with Gasteiger partial charge in [0.25, 0.3) is 5.56 Å². The van der Waals surface area contributed by atoms with E-state index in [1.807, 2.05) is 30.3 Å². The Balaban J connectivity index is 1.61. The monoisotopic (exact) mass is 441 g/mol. The Bertz CT molecular complexity index is 1320.